The van der Waals surface area contributed by atoms with Gasteiger partial charge in [0.25, 0.3) is 6.43 Å². The summed E-state index contributed by atoms with van der Waals surface area (Å²) in [4.78, 5) is 3.60. The van der Waals surface area contributed by atoms with E-state index >= 15 is 0 Å². The molecule has 1 aromatic rings. The molecule has 1 rings (SSSR count). The van der Waals surface area contributed by atoms with Crippen LogP contribution >= 0.6 is 11.6 Å². The number of hydrogen-bond acceptors (Lipinski definition) is 3. The average molecular weight is 209 g/mol. The van der Waals surface area contributed by atoms with E-state index in [0.29, 0.717) is 0 Å². The van der Waals surface area contributed by atoms with E-state index in [1.165, 1.54) is 0 Å². The van der Waals surface area contributed by atoms with Crippen LogP contribution in [0.15, 0.2) is 6.20 Å². The van der Waals surface area contributed by atoms with E-state index in [9.17, 15) is 8.78 Å². The second-order valence-electron chi connectivity index (χ2n) is 2.32. The summed E-state index contributed by atoms with van der Waals surface area (Å²) in [5, 5.41) is 8.75. The smallest absolute Gasteiger partial charge is 0.268 e. The highest BCUT2D eigenvalue weighted by Gasteiger charge is 2.19. The van der Waals surface area contributed by atoms with Crippen LogP contribution in [0, 0.1) is 0 Å². The molecule has 0 unspecified atom stereocenters. The summed E-state index contributed by atoms with van der Waals surface area (Å²) in [5.41, 5.74) is 4.73. The van der Waals surface area contributed by atoms with Crippen molar-refractivity contribution in [2.75, 3.05) is 0 Å². The maximum Gasteiger partial charge on any atom is 0.268 e. The number of alkyl halides is 2. The Balaban J connectivity index is 3.30. The Morgan fingerprint density at radius 3 is 2.69 bits per heavy atom. The molecule has 0 bridgehead atoms. The Kier molecular flexibility index (Phi) is 3.00. The van der Waals surface area contributed by atoms with Crippen molar-refractivity contribution >= 4 is 11.6 Å². The molecule has 0 aromatic carbocycles. The molecule has 0 atom stereocenters. The first-order valence-electron chi connectivity index (χ1n) is 3.42. The van der Waals surface area contributed by atoms with Crippen molar-refractivity contribution in [3.8, 4) is 5.75 Å². The van der Waals surface area contributed by atoms with Crippen LogP contribution in [0.2, 0.25) is 5.02 Å². The number of nitrogens with zero attached hydrogens (tertiary/aromatic N) is 1. The van der Waals surface area contributed by atoms with Gasteiger partial charge in [0, 0.05) is 6.54 Å². The third-order valence-corrected chi connectivity index (χ3v) is 1.94. The van der Waals surface area contributed by atoms with E-state index in [2.05, 4.69) is 4.98 Å². The zero-order valence-electron chi connectivity index (χ0n) is 6.47. The molecule has 3 nitrogen and oxygen atoms in total. The van der Waals surface area contributed by atoms with E-state index in [1.807, 2.05) is 0 Å². The van der Waals surface area contributed by atoms with Gasteiger partial charge in [0.1, 0.15) is 5.75 Å². The Morgan fingerprint density at radius 2 is 2.23 bits per heavy atom. The van der Waals surface area contributed by atoms with Crippen LogP contribution < -0.4 is 5.73 Å². The normalized spacial score (nSPS) is 10.8. The van der Waals surface area contributed by atoms with Crippen molar-refractivity contribution in [1.82, 2.24) is 4.98 Å². The highest BCUT2D eigenvalue weighted by Crippen LogP contribution is 2.35. The van der Waals surface area contributed by atoms with Gasteiger partial charge in [-0.05, 0) is 0 Å². The van der Waals surface area contributed by atoms with E-state index in [0.717, 1.165) is 6.20 Å². The lowest BCUT2D eigenvalue weighted by Crippen LogP contribution is -2.03. The molecular formula is C7H7ClF2N2O. The highest BCUT2D eigenvalue weighted by atomic mass is 35.5. The molecule has 0 fully saturated rings. The first-order valence-corrected chi connectivity index (χ1v) is 3.80. The molecule has 72 valence electrons. The van der Waals surface area contributed by atoms with Gasteiger partial charge in [0.2, 0.25) is 0 Å². The number of hydrogen-bond donors (Lipinski definition) is 2. The van der Waals surface area contributed by atoms with Crippen LogP contribution in [-0.2, 0) is 6.54 Å². The van der Waals surface area contributed by atoms with Crippen molar-refractivity contribution in [3.05, 3.63) is 22.5 Å². The van der Waals surface area contributed by atoms with Gasteiger partial charge in [-0.25, -0.2) is 8.78 Å². The minimum Gasteiger partial charge on any atom is -0.506 e. The molecule has 0 aliphatic carbocycles. The average Bonchev–Trinajstić information content (AvgIpc) is 2.04. The zero-order valence-corrected chi connectivity index (χ0v) is 7.22. The third kappa shape index (κ3) is 1.87. The number of aromatic nitrogens is 1. The number of aromatic hydroxyl groups is 1. The largest absolute Gasteiger partial charge is 0.506 e. The lowest BCUT2D eigenvalue weighted by Gasteiger charge is -2.08. The van der Waals surface area contributed by atoms with Gasteiger partial charge in [0.05, 0.1) is 22.5 Å². The van der Waals surface area contributed by atoms with Crippen LogP contribution in [0.1, 0.15) is 17.7 Å². The fraction of sp³-hybridized carbons (Fsp3) is 0.286. The minimum absolute atomic E-state index is 0.0428. The summed E-state index contributed by atoms with van der Waals surface area (Å²) < 4.78 is 24.6. The molecule has 0 amide bonds. The van der Waals surface area contributed by atoms with E-state index < -0.39 is 17.7 Å². The van der Waals surface area contributed by atoms with Gasteiger partial charge in [-0.1, -0.05) is 11.6 Å². The molecule has 1 heterocycles. The van der Waals surface area contributed by atoms with Crippen molar-refractivity contribution < 1.29 is 13.9 Å². The predicted molar refractivity (Wildman–Crippen MR) is 43.8 cm³/mol. The zero-order chi connectivity index (χ0) is 10.0. The maximum atomic E-state index is 12.3. The van der Waals surface area contributed by atoms with Crippen LogP contribution in [-0.4, -0.2) is 10.1 Å². The Hall–Kier alpha value is -0.940. The molecule has 0 saturated heterocycles. The minimum atomic E-state index is -2.83. The lowest BCUT2D eigenvalue weighted by molar-refractivity contribution is 0.147. The van der Waals surface area contributed by atoms with Crippen LogP contribution in [0.5, 0.6) is 5.75 Å². The Labute approximate surface area is 78.1 Å². The van der Waals surface area contributed by atoms with Crippen LogP contribution in [0.25, 0.3) is 0 Å². The second-order valence-corrected chi connectivity index (χ2v) is 2.70. The summed E-state index contributed by atoms with van der Waals surface area (Å²) >= 11 is 5.53. The van der Waals surface area contributed by atoms with Gasteiger partial charge >= 0.3 is 0 Å². The van der Waals surface area contributed by atoms with E-state index in [1.54, 1.807) is 0 Å². The molecule has 0 aliphatic rings. The molecule has 3 N–H and O–H groups in total. The second kappa shape index (κ2) is 3.85. The van der Waals surface area contributed by atoms with Gasteiger partial charge < -0.3 is 10.8 Å². The van der Waals surface area contributed by atoms with Crippen LogP contribution in [0.3, 0.4) is 0 Å². The first-order chi connectivity index (χ1) is 6.07. The van der Waals surface area contributed by atoms with Crippen molar-refractivity contribution in [1.29, 1.82) is 0 Å². The van der Waals surface area contributed by atoms with E-state index in [4.69, 9.17) is 22.4 Å². The summed E-state index contributed by atoms with van der Waals surface area (Å²) in [6, 6.07) is 0. The molecule has 0 radical (unpaired) electrons. The highest BCUT2D eigenvalue weighted by molar-refractivity contribution is 6.32. The van der Waals surface area contributed by atoms with E-state index in [-0.39, 0.29) is 17.3 Å². The number of nitrogens with two attached hydrogens (primary N) is 1. The quantitative estimate of drug-likeness (QED) is 0.780. The van der Waals surface area contributed by atoms with Crippen LogP contribution in [0.4, 0.5) is 8.78 Å². The molecule has 13 heavy (non-hydrogen) atoms. The SMILES string of the molecule is NCc1ncc(O)c(C(F)F)c1Cl. The fourth-order valence-electron chi connectivity index (χ4n) is 0.883. The maximum absolute atomic E-state index is 12.3. The first kappa shape index (κ1) is 10.1. The van der Waals surface area contributed by atoms with Gasteiger partial charge in [0.15, 0.2) is 0 Å². The number of halogens is 3. The summed E-state index contributed by atoms with van der Waals surface area (Å²) in [7, 11) is 0. The van der Waals surface area contributed by atoms with Crippen molar-refractivity contribution in [3.63, 3.8) is 0 Å². The number of rotatable bonds is 2. The number of pyridine rings is 1. The summed E-state index contributed by atoms with van der Waals surface area (Å²) in [6.07, 6.45) is -1.92. The monoisotopic (exact) mass is 208 g/mol. The van der Waals surface area contributed by atoms with Gasteiger partial charge in [-0.2, -0.15) is 0 Å². The molecular weight excluding hydrogens is 202 g/mol. The molecule has 1 aromatic heterocycles. The molecule has 0 aliphatic heterocycles. The van der Waals surface area contributed by atoms with Crippen molar-refractivity contribution in [2.45, 2.75) is 13.0 Å². The fourth-order valence-corrected chi connectivity index (χ4v) is 1.19. The standard InChI is InChI=1S/C7H7ClF2N2O/c8-6-3(1-11)12-2-4(13)5(6)7(9)10/h2,7,13H,1,11H2. The third-order valence-electron chi connectivity index (χ3n) is 1.52. The summed E-state index contributed by atoms with van der Waals surface area (Å²) in [6.45, 7) is -0.0428. The Bertz CT molecular complexity index is 320. The predicted octanol–water partition coefficient (Wildman–Crippen LogP) is 1.84. The van der Waals surface area contributed by atoms with Crippen molar-refractivity contribution in [2.24, 2.45) is 5.73 Å². The molecule has 6 heteroatoms. The molecule has 0 spiro atoms. The molecule has 0 saturated carbocycles. The summed E-state index contributed by atoms with van der Waals surface area (Å²) in [5.74, 6) is -0.614. The van der Waals surface area contributed by atoms with Gasteiger partial charge in [-0.3, -0.25) is 4.98 Å². The Morgan fingerprint density at radius 1 is 1.62 bits per heavy atom. The topological polar surface area (TPSA) is 59.1 Å². The lowest BCUT2D eigenvalue weighted by atomic mass is 10.2. The van der Waals surface area contributed by atoms with Gasteiger partial charge in [-0.15, -0.1) is 0 Å².